The highest BCUT2D eigenvalue weighted by atomic mass is 32.2. The smallest absolute Gasteiger partial charge is 0.232 e. The highest BCUT2D eigenvalue weighted by Crippen LogP contribution is 2.30. The molecule has 0 saturated heterocycles. The Morgan fingerprint density at radius 1 is 0.966 bits per heavy atom. The van der Waals surface area contributed by atoms with Gasteiger partial charge in [0.15, 0.2) is 0 Å². The van der Waals surface area contributed by atoms with Crippen LogP contribution in [0.4, 0.5) is 5.69 Å². The molecule has 1 aliphatic rings. The fourth-order valence-corrected chi connectivity index (χ4v) is 4.54. The maximum Gasteiger partial charge on any atom is 0.232 e. The minimum absolute atomic E-state index is 0.234. The SMILES string of the molecule is CS(=O)(=O)N(Cc1cccnc1)c1ccc(Oc2ccc3c(c2)CCCC3)cc1. The van der Waals surface area contributed by atoms with Gasteiger partial charge >= 0.3 is 0 Å². The van der Waals surface area contributed by atoms with Crippen LogP contribution in [-0.4, -0.2) is 19.7 Å². The first kappa shape index (κ1) is 19.5. The van der Waals surface area contributed by atoms with Gasteiger partial charge < -0.3 is 4.74 Å². The average molecular weight is 409 g/mol. The van der Waals surface area contributed by atoms with Gasteiger partial charge in [-0.05, 0) is 84.8 Å². The quantitative estimate of drug-likeness (QED) is 0.592. The monoisotopic (exact) mass is 408 g/mol. The van der Waals surface area contributed by atoms with Crippen molar-refractivity contribution in [3.8, 4) is 11.5 Å². The second-order valence-electron chi connectivity index (χ2n) is 7.36. The first-order valence-corrected chi connectivity index (χ1v) is 11.6. The van der Waals surface area contributed by atoms with Gasteiger partial charge in [-0.2, -0.15) is 0 Å². The van der Waals surface area contributed by atoms with Crippen molar-refractivity contribution in [1.82, 2.24) is 4.98 Å². The molecule has 0 atom stereocenters. The molecule has 4 rings (SSSR count). The van der Waals surface area contributed by atoms with E-state index in [0.717, 1.165) is 24.2 Å². The second-order valence-corrected chi connectivity index (χ2v) is 9.27. The molecular weight excluding hydrogens is 384 g/mol. The summed E-state index contributed by atoms with van der Waals surface area (Å²) in [4.78, 5) is 4.06. The molecule has 0 bridgehead atoms. The number of aromatic nitrogens is 1. The molecule has 0 aliphatic heterocycles. The van der Waals surface area contributed by atoms with Crippen molar-refractivity contribution in [2.45, 2.75) is 32.2 Å². The largest absolute Gasteiger partial charge is 0.457 e. The number of nitrogens with zero attached hydrogens (tertiary/aromatic N) is 2. The number of aryl methyl sites for hydroxylation is 2. The van der Waals surface area contributed by atoms with E-state index in [9.17, 15) is 8.42 Å². The number of rotatable bonds is 6. The van der Waals surface area contributed by atoms with E-state index >= 15 is 0 Å². The lowest BCUT2D eigenvalue weighted by Crippen LogP contribution is -2.29. The lowest BCUT2D eigenvalue weighted by molar-refractivity contribution is 0.480. The zero-order valence-electron chi connectivity index (χ0n) is 16.4. The molecule has 0 amide bonds. The standard InChI is InChI=1S/C23H24N2O3S/c1-29(26,27)25(17-18-5-4-14-24-16-18)21-9-12-22(13-10-21)28-23-11-8-19-6-2-3-7-20(19)15-23/h4-5,8-16H,2-3,6-7,17H2,1H3. The number of pyridine rings is 1. The molecule has 29 heavy (non-hydrogen) atoms. The van der Waals surface area contributed by atoms with Gasteiger partial charge in [-0.3, -0.25) is 9.29 Å². The number of benzene rings is 2. The summed E-state index contributed by atoms with van der Waals surface area (Å²) in [5.41, 5.74) is 4.20. The highest BCUT2D eigenvalue weighted by Gasteiger charge is 2.18. The van der Waals surface area contributed by atoms with E-state index in [1.54, 1.807) is 42.7 Å². The first-order valence-electron chi connectivity index (χ1n) is 9.75. The topological polar surface area (TPSA) is 59.5 Å². The van der Waals surface area contributed by atoms with E-state index in [1.807, 2.05) is 12.1 Å². The Hall–Kier alpha value is -2.86. The Kier molecular flexibility index (Phi) is 5.53. The predicted octanol–water partition coefficient (Wildman–Crippen LogP) is 4.72. The van der Waals surface area contributed by atoms with Crippen molar-refractivity contribution in [2.24, 2.45) is 0 Å². The van der Waals surface area contributed by atoms with Crippen molar-refractivity contribution in [1.29, 1.82) is 0 Å². The van der Waals surface area contributed by atoms with Gasteiger partial charge in [0.2, 0.25) is 10.0 Å². The van der Waals surface area contributed by atoms with E-state index in [1.165, 1.54) is 34.5 Å². The third kappa shape index (κ3) is 4.77. The Balaban J connectivity index is 1.52. The van der Waals surface area contributed by atoms with Crippen molar-refractivity contribution < 1.29 is 13.2 Å². The number of fused-ring (bicyclic) bond motifs is 1. The van der Waals surface area contributed by atoms with Gasteiger partial charge in [0.05, 0.1) is 18.5 Å². The van der Waals surface area contributed by atoms with Crippen LogP contribution in [0.1, 0.15) is 29.5 Å². The number of hydrogen-bond acceptors (Lipinski definition) is 4. The van der Waals surface area contributed by atoms with Crippen molar-refractivity contribution in [3.05, 3.63) is 83.7 Å². The summed E-state index contributed by atoms with van der Waals surface area (Å²) < 4.78 is 32.0. The fraction of sp³-hybridized carbons (Fsp3) is 0.261. The molecule has 0 radical (unpaired) electrons. The fourth-order valence-electron chi connectivity index (χ4n) is 3.65. The van der Waals surface area contributed by atoms with E-state index in [2.05, 4.69) is 17.1 Å². The van der Waals surface area contributed by atoms with Gasteiger partial charge in [-0.15, -0.1) is 0 Å². The zero-order chi connectivity index (χ0) is 20.3. The zero-order valence-corrected chi connectivity index (χ0v) is 17.2. The Labute approximate surface area is 172 Å². The molecule has 0 N–H and O–H groups in total. The van der Waals surface area contributed by atoms with Crippen molar-refractivity contribution in [2.75, 3.05) is 10.6 Å². The minimum atomic E-state index is -3.43. The summed E-state index contributed by atoms with van der Waals surface area (Å²) in [5.74, 6) is 1.49. The van der Waals surface area contributed by atoms with Gasteiger partial charge in [0.25, 0.3) is 0 Å². The second kappa shape index (κ2) is 8.25. The third-order valence-corrected chi connectivity index (χ3v) is 6.27. The molecule has 1 heterocycles. The van der Waals surface area contributed by atoms with Crippen LogP contribution in [-0.2, 0) is 29.4 Å². The molecule has 5 nitrogen and oxygen atoms in total. The van der Waals surface area contributed by atoms with Gasteiger partial charge in [0.1, 0.15) is 11.5 Å². The Morgan fingerprint density at radius 2 is 1.69 bits per heavy atom. The molecule has 0 unspecified atom stereocenters. The van der Waals surface area contributed by atoms with Crippen LogP contribution in [0.3, 0.4) is 0 Å². The predicted molar refractivity (Wildman–Crippen MR) is 115 cm³/mol. The molecule has 0 fully saturated rings. The van der Waals surface area contributed by atoms with Crippen LogP contribution in [0, 0.1) is 0 Å². The summed E-state index contributed by atoms with van der Waals surface area (Å²) >= 11 is 0. The van der Waals surface area contributed by atoms with Crippen molar-refractivity contribution in [3.63, 3.8) is 0 Å². The molecule has 2 aromatic carbocycles. The maximum absolute atomic E-state index is 12.3. The van der Waals surface area contributed by atoms with Crippen molar-refractivity contribution >= 4 is 15.7 Å². The van der Waals surface area contributed by atoms with E-state index in [0.29, 0.717) is 11.4 Å². The van der Waals surface area contributed by atoms with Crippen LogP contribution < -0.4 is 9.04 Å². The van der Waals surface area contributed by atoms with Gasteiger partial charge in [0, 0.05) is 12.4 Å². The van der Waals surface area contributed by atoms with E-state index in [4.69, 9.17) is 4.74 Å². The van der Waals surface area contributed by atoms with Crippen LogP contribution >= 0.6 is 0 Å². The van der Waals surface area contributed by atoms with Gasteiger partial charge in [-0.1, -0.05) is 12.1 Å². The molecule has 3 aromatic rings. The average Bonchev–Trinajstić information content (AvgIpc) is 2.73. The number of hydrogen-bond donors (Lipinski definition) is 0. The lowest BCUT2D eigenvalue weighted by atomic mass is 9.92. The summed E-state index contributed by atoms with van der Waals surface area (Å²) in [5, 5.41) is 0. The highest BCUT2D eigenvalue weighted by molar-refractivity contribution is 7.92. The Morgan fingerprint density at radius 3 is 2.38 bits per heavy atom. The molecule has 0 saturated carbocycles. The molecule has 1 aliphatic carbocycles. The van der Waals surface area contributed by atoms with Crippen LogP contribution in [0.5, 0.6) is 11.5 Å². The lowest BCUT2D eigenvalue weighted by Gasteiger charge is -2.22. The molecular formula is C23H24N2O3S. The van der Waals surface area contributed by atoms with Crippen LogP contribution in [0.2, 0.25) is 0 Å². The Bertz CT molecular complexity index is 1080. The number of sulfonamides is 1. The summed E-state index contributed by atoms with van der Waals surface area (Å²) in [6.07, 6.45) is 9.27. The minimum Gasteiger partial charge on any atom is -0.457 e. The molecule has 0 spiro atoms. The maximum atomic E-state index is 12.3. The molecule has 6 heteroatoms. The number of ether oxygens (including phenoxy) is 1. The van der Waals surface area contributed by atoms with Crippen LogP contribution in [0.15, 0.2) is 67.0 Å². The van der Waals surface area contributed by atoms with Crippen LogP contribution in [0.25, 0.3) is 0 Å². The summed E-state index contributed by atoms with van der Waals surface area (Å²) in [6, 6.07) is 17.1. The van der Waals surface area contributed by atoms with Gasteiger partial charge in [-0.25, -0.2) is 8.42 Å². The third-order valence-electron chi connectivity index (χ3n) is 5.13. The normalized spacial score (nSPS) is 13.6. The molecule has 1 aromatic heterocycles. The van der Waals surface area contributed by atoms with E-state index in [-0.39, 0.29) is 6.54 Å². The summed E-state index contributed by atoms with van der Waals surface area (Å²) in [6.45, 7) is 0.234. The first-order chi connectivity index (χ1) is 14.0. The van der Waals surface area contributed by atoms with E-state index < -0.39 is 10.0 Å². The summed E-state index contributed by atoms with van der Waals surface area (Å²) in [7, 11) is -3.43. The molecule has 150 valence electrons. The number of anilines is 1.